The summed E-state index contributed by atoms with van der Waals surface area (Å²) in [5, 5.41) is 0. The van der Waals surface area contributed by atoms with E-state index < -0.39 is 0 Å². The normalized spacial score (nSPS) is 18.2. The number of carbonyl (C=O) groups excluding carboxylic acids is 1. The Hall–Kier alpha value is -1.33. The van der Waals surface area contributed by atoms with Crippen LogP contribution >= 0.6 is 24.0 Å². The van der Waals surface area contributed by atoms with Crippen LogP contribution < -0.4 is 0 Å². The molecule has 1 aliphatic heterocycles. The molecule has 1 amide bonds. The first-order chi connectivity index (χ1) is 8.13. The van der Waals surface area contributed by atoms with Gasteiger partial charge in [0.05, 0.1) is 4.91 Å². The van der Waals surface area contributed by atoms with E-state index in [1.165, 1.54) is 11.8 Å². The van der Waals surface area contributed by atoms with Gasteiger partial charge in [-0.05, 0) is 18.2 Å². The van der Waals surface area contributed by atoms with E-state index in [1.807, 2.05) is 36.0 Å². The number of hydrogen-bond acceptors (Lipinski definition) is 3. The molecule has 0 aliphatic carbocycles. The quantitative estimate of drug-likeness (QED) is 0.476. The molecular formula is C12H12N2OS2. The van der Waals surface area contributed by atoms with E-state index in [4.69, 9.17) is 12.2 Å². The second-order valence-corrected chi connectivity index (χ2v) is 5.30. The highest BCUT2D eigenvalue weighted by Crippen LogP contribution is 2.32. The predicted octanol–water partition coefficient (Wildman–Crippen LogP) is 2.41. The molecule has 1 saturated heterocycles. The number of hydrogen-bond donors (Lipinski definition) is 0. The average molecular weight is 264 g/mol. The van der Waals surface area contributed by atoms with E-state index in [1.54, 1.807) is 11.0 Å². The van der Waals surface area contributed by atoms with Crippen LogP contribution in [0.25, 0.3) is 6.08 Å². The number of thiocarbonyl (C=S) groups is 1. The lowest BCUT2D eigenvalue weighted by Crippen LogP contribution is -2.27. The first-order valence-electron chi connectivity index (χ1n) is 5.11. The summed E-state index contributed by atoms with van der Waals surface area (Å²) in [6.45, 7) is 4.09. The Morgan fingerprint density at radius 2 is 2.35 bits per heavy atom. The molecule has 0 atom stereocenters. The van der Waals surface area contributed by atoms with Crippen LogP contribution in [0, 0.1) is 0 Å². The Balaban J connectivity index is 2.28. The molecule has 0 bridgehead atoms. The molecular weight excluding hydrogens is 252 g/mol. The molecule has 88 valence electrons. The minimum atomic E-state index is -0.0406. The van der Waals surface area contributed by atoms with Crippen LogP contribution in [0.2, 0.25) is 0 Å². The number of aromatic nitrogens is 1. The Morgan fingerprint density at radius 3 is 2.94 bits per heavy atom. The van der Waals surface area contributed by atoms with Crippen molar-refractivity contribution in [3.05, 3.63) is 41.6 Å². The summed E-state index contributed by atoms with van der Waals surface area (Å²) in [7, 11) is 1.94. The molecule has 0 unspecified atom stereocenters. The molecule has 1 aromatic rings. The van der Waals surface area contributed by atoms with Crippen LogP contribution in [0.3, 0.4) is 0 Å². The fourth-order valence-electron chi connectivity index (χ4n) is 1.55. The lowest BCUT2D eigenvalue weighted by Gasteiger charge is -2.10. The highest BCUT2D eigenvalue weighted by atomic mass is 32.2. The van der Waals surface area contributed by atoms with Crippen molar-refractivity contribution in [1.29, 1.82) is 0 Å². The summed E-state index contributed by atoms with van der Waals surface area (Å²) in [4.78, 5) is 14.3. The third-order valence-corrected chi connectivity index (χ3v) is 3.83. The summed E-state index contributed by atoms with van der Waals surface area (Å²) in [5.74, 6) is -0.0406. The van der Waals surface area contributed by atoms with Gasteiger partial charge in [0.25, 0.3) is 5.91 Å². The summed E-state index contributed by atoms with van der Waals surface area (Å²) in [5.41, 5.74) is 0.990. The first kappa shape index (κ1) is 12.1. The zero-order chi connectivity index (χ0) is 12.4. The van der Waals surface area contributed by atoms with Gasteiger partial charge in [-0.25, -0.2) is 0 Å². The largest absolute Gasteiger partial charge is 0.351 e. The summed E-state index contributed by atoms with van der Waals surface area (Å²) < 4.78 is 2.55. The summed E-state index contributed by atoms with van der Waals surface area (Å²) >= 11 is 6.50. The van der Waals surface area contributed by atoms with Crippen molar-refractivity contribution in [2.24, 2.45) is 7.05 Å². The van der Waals surface area contributed by atoms with Crippen LogP contribution in [0.5, 0.6) is 0 Å². The average Bonchev–Trinajstić information content (AvgIpc) is 2.79. The van der Waals surface area contributed by atoms with Crippen LogP contribution in [0.4, 0.5) is 0 Å². The number of amides is 1. The number of nitrogens with zero attached hydrogens (tertiary/aromatic N) is 2. The second-order valence-electron chi connectivity index (χ2n) is 3.62. The van der Waals surface area contributed by atoms with Gasteiger partial charge in [0.1, 0.15) is 4.32 Å². The number of thioether (sulfide) groups is 1. The molecule has 1 aliphatic rings. The van der Waals surface area contributed by atoms with Gasteiger partial charge in [0, 0.05) is 25.5 Å². The van der Waals surface area contributed by atoms with Gasteiger partial charge in [-0.1, -0.05) is 30.1 Å². The van der Waals surface area contributed by atoms with E-state index >= 15 is 0 Å². The molecule has 0 aromatic carbocycles. The highest BCUT2D eigenvalue weighted by molar-refractivity contribution is 8.26. The molecule has 1 fully saturated rings. The number of rotatable bonds is 3. The van der Waals surface area contributed by atoms with E-state index in [9.17, 15) is 4.79 Å². The molecule has 5 heteroatoms. The van der Waals surface area contributed by atoms with Crippen molar-refractivity contribution in [1.82, 2.24) is 9.47 Å². The van der Waals surface area contributed by atoms with Crippen LogP contribution in [-0.2, 0) is 11.8 Å². The second kappa shape index (κ2) is 4.89. The van der Waals surface area contributed by atoms with Crippen LogP contribution in [-0.4, -0.2) is 26.2 Å². The number of aryl methyl sites for hydroxylation is 1. The maximum absolute atomic E-state index is 12.0. The van der Waals surface area contributed by atoms with Gasteiger partial charge in [0.15, 0.2) is 0 Å². The third-order valence-electron chi connectivity index (χ3n) is 2.45. The Bertz CT molecular complexity index is 516. The van der Waals surface area contributed by atoms with Crippen molar-refractivity contribution < 1.29 is 4.79 Å². The van der Waals surface area contributed by atoms with Gasteiger partial charge >= 0.3 is 0 Å². The SMILES string of the molecule is C=CCN1C(=O)/C(=C\c2cccn2C)SC1=S. The van der Waals surface area contributed by atoms with Gasteiger partial charge in [-0.15, -0.1) is 6.58 Å². The molecule has 2 heterocycles. The minimum Gasteiger partial charge on any atom is -0.351 e. The summed E-state index contributed by atoms with van der Waals surface area (Å²) in [6, 6.07) is 3.90. The molecule has 17 heavy (non-hydrogen) atoms. The van der Waals surface area contributed by atoms with Gasteiger partial charge in [-0.2, -0.15) is 0 Å². The van der Waals surface area contributed by atoms with Gasteiger partial charge < -0.3 is 4.57 Å². The van der Waals surface area contributed by atoms with Gasteiger partial charge in [0.2, 0.25) is 0 Å². The fourth-order valence-corrected chi connectivity index (χ4v) is 2.80. The molecule has 0 N–H and O–H groups in total. The maximum Gasteiger partial charge on any atom is 0.266 e. The number of carbonyl (C=O) groups is 1. The predicted molar refractivity (Wildman–Crippen MR) is 75.5 cm³/mol. The maximum atomic E-state index is 12.0. The van der Waals surface area contributed by atoms with E-state index in [0.717, 1.165) is 5.69 Å². The molecule has 0 spiro atoms. The lowest BCUT2D eigenvalue weighted by molar-refractivity contribution is -0.121. The van der Waals surface area contributed by atoms with E-state index in [-0.39, 0.29) is 5.91 Å². The third kappa shape index (κ3) is 2.35. The minimum absolute atomic E-state index is 0.0406. The van der Waals surface area contributed by atoms with Crippen molar-refractivity contribution >= 4 is 40.3 Å². The Labute approximate surface area is 110 Å². The Morgan fingerprint density at radius 1 is 1.59 bits per heavy atom. The smallest absolute Gasteiger partial charge is 0.266 e. The van der Waals surface area contributed by atoms with Crippen molar-refractivity contribution in [2.45, 2.75) is 0 Å². The molecule has 0 radical (unpaired) electrons. The summed E-state index contributed by atoms with van der Waals surface area (Å²) in [6.07, 6.45) is 5.48. The topological polar surface area (TPSA) is 25.2 Å². The molecule has 2 rings (SSSR count). The van der Waals surface area contributed by atoms with Crippen LogP contribution in [0.15, 0.2) is 35.9 Å². The first-order valence-corrected chi connectivity index (χ1v) is 6.33. The zero-order valence-corrected chi connectivity index (χ0v) is 11.1. The monoisotopic (exact) mass is 264 g/mol. The van der Waals surface area contributed by atoms with Gasteiger partial charge in [-0.3, -0.25) is 9.69 Å². The lowest BCUT2D eigenvalue weighted by atomic mass is 10.3. The van der Waals surface area contributed by atoms with Crippen LogP contribution in [0.1, 0.15) is 5.69 Å². The highest BCUT2D eigenvalue weighted by Gasteiger charge is 2.31. The molecule has 1 aromatic heterocycles. The fraction of sp³-hybridized carbons (Fsp3) is 0.167. The van der Waals surface area contributed by atoms with E-state index in [2.05, 4.69) is 6.58 Å². The van der Waals surface area contributed by atoms with Crippen molar-refractivity contribution in [3.63, 3.8) is 0 Å². The Kier molecular flexibility index (Phi) is 3.49. The van der Waals surface area contributed by atoms with Crippen molar-refractivity contribution in [2.75, 3.05) is 6.54 Å². The molecule has 0 saturated carbocycles. The zero-order valence-electron chi connectivity index (χ0n) is 9.42. The van der Waals surface area contributed by atoms with E-state index in [0.29, 0.717) is 15.8 Å². The molecule has 3 nitrogen and oxygen atoms in total. The standard InChI is InChI=1S/C12H12N2OS2/c1-3-6-14-11(15)10(17-12(14)16)8-9-5-4-7-13(9)2/h3-5,7-8H,1,6H2,2H3/b10-8+. The van der Waals surface area contributed by atoms with Crippen molar-refractivity contribution in [3.8, 4) is 0 Å².